The fraction of sp³-hybridized carbons (Fsp3) is 0.273. The highest BCUT2D eigenvalue weighted by Gasteiger charge is 2.55. The Kier molecular flexibility index (Phi) is 4.02. The van der Waals surface area contributed by atoms with Gasteiger partial charge in [0.2, 0.25) is 0 Å². The predicted molar refractivity (Wildman–Crippen MR) is 114 cm³/mol. The van der Waals surface area contributed by atoms with E-state index in [2.05, 4.69) is 32.4 Å². The number of hydrogen-bond donors (Lipinski definition) is 2. The topological polar surface area (TPSA) is 146 Å². The predicted octanol–water partition coefficient (Wildman–Crippen LogP) is 3.40. The molecule has 4 aromatic rings. The molecule has 3 aromatic heterocycles. The lowest BCUT2D eigenvalue weighted by atomic mass is 9.58. The highest BCUT2D eigenvalue weighted by Crippen LogP contribution is 2.53. The highest BCUT2D eigenvalue weighted by molar-refractivity contribution is 5.97. The van der Waals surface area contributed by atoms with Gasteiger partial charge in [0.05, 0.1) is 41.2 Å². The molecule has 0 saturated heterocycles. The summed E-state index contributed by atoms with van der Waals surface area (Å²) in [5.41, 5.74) is 8.99. The Hall–Kier alpha value is -4.24. The molecule has 9 nitrogen and oxygen atoms in total. The largest absolute Gasteiger partial charge is 0.382 e. The molecule has 31 heavy (non-hydrogen) atoms. The number of hydrogen-bond acceptors (Lipinski definition) is 7. The molecule has 1 fully saturated rings. The number of rotatable bonds is 4. The summed E-state index contributed by atoms with van der Waals surface area (Å²) in [6.45, 7) is 1.91. The number of nitrogens with two attached hydrogens (primary N) is 1. The van der Waals surface area contributed by atoms with Crippen molar-refractivity contribution in [1.29, 1.82) is 10.5 Å². The number of aromatic nitrogens is 6. The van der Waals surface area contributed by atoms with Crippen molar-refractivity contribution in [3.05, 3.63) is 42.9 Å². The van der Waals surface area contributed by atoms with Gasteiger partial charge in [0.25, 0.3) is 0 Å². The van der Waals surface area contributed by atoms with E-state index in [4.69, 9.17) is 10.8 Å². The highest BCUT2D eigenvalue weighted by atomic mass is 15.5. The van der Waals surface area contributed by atoms with Crippen molar-refractivity contribution in [3.8, 4) is 34.5 Å². The van der Waals surface area contributed by atoms with Crippen molar-refractivity contribution in [2.24, 2.45) is 5.41 Å². The summed E-state index contributed by atoms with van der Waals surface area (Å²) < 4.78 is 0. The third-order valence-corrected chi connectivity index (χ3v) is 6.01. The Morgan fingerprint density at radius 1 is 1.26 bits per heavy atom. The van der Waals surface area contributed by atoms with Gasteiger partial charge < -0.3 is 5.73 Å². The lowest BCUT2D eigenvalue weighted by molar-refractivity contribution is 0.00748. The summed E-state index contributed by atoms with van der Waals surface area (Å²) in [5, 5.41) is 35.8. The summed E-state index contributed by atoms with van der Waals surface area (Å²) in [7, 11) is 0. The fourth-order valence-corrected chi connectivity index (χ4v) is 4.66. The number of anilines is 1. The van der Waals surface area contributed by atoms with Gasteiger partial charge in [-0.1, -0.05) is 6.07 Å². The summed E-state index contributed by atoms with van der Waals surface area (Å²) in [5.74, 6) is 0.406. The second kappa shape index (κ2) is 6.64. The smallest absolute Gasteiger partial charge is 0.153 e. The molecule has 5 rings (SSSR count). The van der Waals surface area contributed by atoms with E-state index in [0.717, 1.165) is 27.6 Å². The van der Waals surface area contributed by atoms with E-state index in [1.54, 1.807) is 23.4 Å². The minimum Gasteiger partial charge on any atom is -0.382 e. The molecule has 1 aromatic carbocycles. The Balaban J connectivity index is 1.63. The Morgan fingerprint density at radius 2 is 2.10 bits per heavy atom. The number of nitrogen functional groups attached to an aromatic ring is 1. The molecule has 1 aliphatic carbocycles. The standard InChI is InChI=1S/C22H19N9/c1-21(13-24)11-22(12-21,4-5-23)31-28-10-19(30-31)16-7-14(17-9-27-29-20(17)25)8-18-15(16)3-2-6-26-18/h2-3,6-10H,4,11-12H2,1H3,(H3,25,27,29)/t21-,22-. The molecule has 0 bridgehead atoms. The quantitative estimate of drug-likeness (QED) is 0.525. The molecule has 0 amide bonds. The lowest BCUT2D eigenvalue weighted by Crippen LogP contribution is -2.52. The molecular formula is C22H19N9. The van der Waals surface area contributed by atoms with Crippen LogP contribution in [0.3, 0.4) is 0 Å². The molecule has 9 heteroatoms. The van der Waals surface area contributed by atoms with E-state index in [0.29, 0.717) is 24.4 Å². The van der Waals surface area contributed by atoms with Crippen molar-refractivity contribution in [2.75, 3.05) is 5.73 Å². The average molecular weight is 409 g/mol. The van der Waals surface area contributed by atoms with Crippen LogP contribution in [0.4, 0.5) is 5.82 Å². The third kappa shape index (κ3) is 2.90. The van der Waals surface area contributed by atoms with Crippen LogP contribution in [0.2, 0.25) is 0 Å². The SMILES string of the molecule is C[C@]1(C#N)C[C@](CC#N)(n2ncc(-c3cc(-c4c[nH]nc4N)cc4ncccc34)n2)C1. The van der Waals surface area contributed by atoms with E-state index in [-0.39, 0.29) is 6.42 Å². The molecule has 3 heterocycles. The Labute approximate surface area is 178 Å². The maximum absolute atomic E-state index is 9.43. The first-order chi connectivity index (χ1) is 15.0. The molecule has 0 atom stereocenters. The summed E-state index contributed by atoms with van der Waals surface area (Å²) in [6.07, 6.45) is 6.54. The maximum atomic E-state index is 9.43. The average Bonchev–Trinajstić information content (AvgIpc) is 3.41. The van der Waals surface area contributed by atoms with Crippen LogP contribution in [0, 0.1) is 28.1 Å². The fourth-order valence-electron chi connectivity index (χ4n) is 4.66. The molecule has 0 spiro atoms. The third-order valence-electron chi connectivity index (χ3n) is 6.01. The lowest BCUT2D eigenvalue weighted by Gasteiger charge is -2.48. The summed E-state index contributed by atoms with van der Waals surface area (Å²) in [6, 6.07) is 12.4. The Morgan fingerprint density at radius 3 is 2.81 bits per heavy atom. The summed E-state index contributed by atoms with van der Waals surface area (Å²) in [4.78, 5) is 6.12. The number of fused-ring (bicyclic) bond motifs is 1. The van der Waals surface area contributed by atoms with Gasteiger partial charge in [0.15, 0.2) is 5.82 Å². The van der Waals surface area contributed by atoms with Gasteiger partial charge in [0.1, 0.15) is 5.69 Å². The first kappa shape index (κ1) is 18.8. The molecule has 1 aliphatic rings. The van der Waals surface area contributed by atoms with Gasteiger partial charge in [-0.05, 0) is 43.5 Å². The molecule has 152 valence electrons. The number of nitrogens with zero attached hydrogens (tertiary/aromatic N) is 7. The van der Waals surface area contributed by atoms with Crippen molar-refractivity contribution in [1.82, 2.24) is 30.2 Å². The van der Waals surface area contributed by atoms with Gasteiger partial charge in [-0.25, -0.2) is 0 Å². The van der Waals surface area contributed by atoms with Crippen LogP contribution < -0.4 is 5.73 Å². The van der Waals surface area contributed by atoms with E-state index < -0.39 is 11.0 Å². The van der Waals surface area contributed by atoms with Gasteiger partial charge in [0, 0.05) is 28.9 Å². The van der Waals surface area contributed by atoms with E-state index >= 15 is 0 Å². The van der Waals surface area contributed by atoms with Crippen LogP contribution >= 0.6 is 0 Å². The van der Waals surface area contributed by atoms with Crippen LogP contribution in [0.15, 0.2) is 42.9 Å². The van der Waals surface area contributed by atoms with Gasteiger partial charge >= 0.3 is 0 Å². The van der Waals surface area contributed by atoms with E-state index in [1.165, 1.54) is 0 Å². The molecule has 0 radical (unpaired) electrons. The first-order valence-electron chi connectivity index (χ1n) is 9.87. The normalized spacial score (nSPS) is 22.5. The minimum absolute atomic E-state index is 0.256. The molecule has 0 unspecified atom stereocenters. The van der Waals surface area contributed by atoms with Crippen LogP contribution in [-0.4, -0.2) is 30.2 Å². The monoisotopic (exact) mass is 409 g/mol. The molecule has 1 saturated carbocycles. The van der Waals surface area contributed by atoms with Crippen molar-refractivity contribution < 1.29 is 0 Å². The summed E-state index contributed by atoms with van der Waals surface area (Å²) >= 11 is 0. The first-order valence-corrected chi connectivity index (χ1v) is 9.87. The molecule has 3 N–H and O–H groups in total. The van der Waals surface area contributed by atoms with Crippen molar-refractivity contribution >= 4 is 16.7 Å². The van der Waals surface area contributed by atoms with Crippen molar-refractivity contribution in [2.45, 2.75) is 31.7 Å². The van der Waals surface area contributed by atoms with Gasteiger partial charge in [-0.3, -0.25) is 10.1 Å². The van der Waals surface area contributed by atoms with Crippen molar-refractivity contribution in [3.63, 3.8) is 0 Å². The number of nitrogens with one attached hydrogen (secondary N) is 1. The van der Waals surface area contributed by atoms with Gasteiger partial charge in [-0.15, -0.1) is 0 Å². The molecule has 0 aliphatic heterocycles. The van der Waals surface area contributed by atoms with Crippen LogP contribution in [-0.2, 0) is 5.54 Å². The molecular weight excluding hydrogens is 390 g/mol. The zero-order chi connectivity index (χ0) is 21.6. The number of aromatic amines is 1. The van der Waals surface area contributed by atoms with Crippen LogP contribution in [0.1, 0.15) is 26.2 Å². The number of benzene rings is 1. The van der Waals surface area contributed by atoms with E-state index in [1.807, 2.05) is 31.2 Å². The maximum Gasteiger partial charge on any atom is 0.153 e. The van der Waals surface area contributed by atoms with Gasteiger partial charge in [-0.2, -0.15) is 30.6 Å². The zero-order valence-electron chi connectivity index (χ0n) is 16.9. The van der Waals surface area contributed by atoms with Crippen LogP contribution in [0.25, 0.3) is 33.3 Å². The van der Waals surface area contributed by atoms with E-state index in [9.17, 15) is 10.5 Å². The second-order valence-corrected chi connectivity index (χ2v) is 8.38. The second-order valence-electron chi connectivity index (χ2n) is 8.38. The zero-order valence-corrected chi connectivity index (χ0v) is 16.9. The Bertz CT molecular complexity index is 1380. The number of nitriles is 2. The number of pyridine rings is 1. The number of H-pyrrole nitrogens is 1. The minimum atomic E-state index is -0.557. The van der Waals surface area contributed by atoms with Crippen LogP contribution in [0.5, 0.6) is 0 Å².